The largest absolute Gasteiger partial charge is 0.303 e. The van der Waals surface area contributed by atoms with E-state index >= 15 is 0 Å². The molecule has 0 saturated heterocycles. The van der Waals surface area contributed by atoms with Crippen molar-refractivity contribution in [2.75, 3.05) is 0 Å². The summed E-state index contributed by atoms with van der Waals surface area (Å²) in [5.41, 5.74) is -0.481. The van der Waals surface area contributed by atoms with Crippen LogP contribution < -0.4 is 0 Å². The van der Waals surface area contributed by atoms with Gasteiger partial charge >= 0.3 is 0 Å². The van der Waals surface area contributed by atoms with E-state index in [-0.39, 0.29) is 0 Å². The van der Waals surface area contributed by atoms with Gasteiger partial charge in [-0.1, -0.05) is 6.92 Å². The van der Waals surface area contributed by atoms with E-state index in [1.54, 1.807) is 6.92 Å². The van der Waals surface area contributed by atoms with Crippen molar-refractivity contribution in [3.8, 4) is 12.1 Å². The van der Waals surface area contributed by atoms with E-state index in [0.29, 0.717) is 25.7 Å². The van der Waals surface area contributed by atoms with E-state index < -0.39 is 5.41 Å². The Morgan fingerprint density at radius 2 is 1.67 bits per heavy atom. The van der Waals surface area contributed by atoms with Gasteiger partial charge in [-0.3, -0.25) is 0 Å². The SMILES string of the molecule is CC(C=O)(CCC#N)CCC#N. The Labute approximate surface area is 72.6 Å². The molecule has 64 valence electrons. The van der Waals surface area contributed by atoms with Crippen LogP contribution in [0.4, 0.5) is 0 Å². The molecule has 0 amide bonds. The molecule has 12 heavy (non-hydrogen) atoms. The highest BCUT2D eigenvalue weighted by Crippen LogP contribution is 2.25. The maximum Gasteiger partial charge on any atom is 0.125 e. The normalized spacial score (nSPS) is 9.92. The molecular weight excluding hydrogens is 152 g/mol. The number of aldehydes is 1. The van der Waals surface area contributed by atoms with E-state index in [1.165, 1.54) is 0 Å². The molecule has 0 saturated carbocycles. The molecular formula is C9H12N2O. The van der Waals surface area contributed by atoms with Crippen LogP contribution in [0.5, 0.6) is 0 Å². The Hall–Kier alpha value is -1.35. The van der Waals surface area contributed by atoms with Gasteiger partial charge in [0.1, 0.15) is 6.29 Å². The fourth-order valence-corrected chi connectivity index (χ4v) is 0.926. The molecule has 0 unspecified atom stereocenters. The lowest BCUT2D eigenvalue weighted by atomic mass is 9.83. The van der Waals surface area contributed by atoms with Crippen molar-refractivity contribution in [3.05, 3.63) is 0 Å². The van der Waals surface area contributed by atoms with Crippen LogP contribution in [0.15, 0.2) is 0 Å². The quantitative estimate of drug-likeness (QED) is 0.582. The summed E-state index contributed by atoms with van der Waals surface area (Å²) >= 11 is 0. The lowest BCUT2D eigenvalue weighted by Gasteiger charge is -2.19. The molecule has 3 heteroatoms. The summed E-state index contributed by atoms with van der Waals surface area (Å²) < 4.78 is 0. The lowest BCUT2D eigenvalue weighted by Crippen LogP contribution is -2.17. The molecule has 3 nitrogen and oxygen atoms in total. The van der Waals surface area contributed by atoms with Crippen molar-refractivity contribution in [1.82, 2.24) is 0 Å². The van der Waals surface area contributed by atoms with Crippen LogP contribution in [-0.2, 0) is 4.79 Å². The summed E-state index contributed by atoms with van der Waals surface area (Å²) in [6.07, 6.45) is 2.70. The maximum absolute atomic E-state index is 10.6. The molecule has 0 aromatic rings. The molecule has 0 aromatic heterocycles. The molecule has 0 radical (unpaired) electrons. The lowest BCUT2D eigenvalue weighted by molar-refractivity contribution is -0.116. The van der Waals surface area contributed by atoms with Crippen LogP contribution in [0.2, 0.25) is 0 Å². The third-order valence-electron chi connectivity index (χ3n) is 1.90. The van der Waals surface area contributed by atoms with Crippen molar-refractivity contribution < 1.29 is 4.79 Å². The number of nitriles is 2. The second-order valence-corrected chi connectivity index (χ2v) is 3.09. The van der Waals surface area contributed by atoms with E-state index in [4.69, 9.17) is 10.5 Å². The molecule has 0 bridgehead atoms. The summed E-state index contributed by atoms with van der Waals surface area (Å²) in [6.45, 7) is 1.79. The second-order valence-electron chi connectivity index (χ2n) is 3.09. The molecule has 0 aliphatic carbocycles. The van der Waals surface area contributed by atoms with Gasteiger partial charge in [0.15, 0.2) is 0 Å². The Balaban J connectivity index is 3.99. The Kier molecular flexibility index (Phi) is 4.72. The van der Waals surface area contributed by atoms with Crippen LogP contribution in [-0.4, -0.2) is 6.29 Å². The fourth-order valence-electron chi connectivity index (χ4n) is 0.926. The van der Waals surface area contributed by atoms with Crippen molar-refractivity contribution in [2.24, 2.45) is 5.41 Å². The summed E-state index contributed by atoms with van der Waals surface area (Å²) in [6, 6.07) is 3.98. The smallest absolute Gasteiger partial charge is 0.125 e. The molecule has 0 aliphatic heterocycles. The number of carbonyl (C=O) groups is 1. The van der Waals surface area contributed by atoms with Gasteiger partial charge in [-0.25, -0.2) is 0 Å². The number of nitrogens with zero attached hydrogens (tertiary/aromatic N) is 2. The zero-order valence-corrected chi connectivity index (χ0v) is 7.21. The van der Waals surface area contributed by atoms with Crippen LogP contribution in [0.25, 0.3) is 0 Å². The molecule has 0 fully saturated rings. The van der Waals surface area contributed by atoms with E-state index in [9.17, 15) is 4.79 Å². The van der Waals surface area contributed by atoms with Crippen LogP contribution in [0.3, 0.4) is 0 Å². The zero-order valence-electron chi connectivity index (χ0n) is 7.21. The van der Waals surface area contributed by atoms with Crippen LogP contribution >= 0.6 is 0 Å². The summed E-state index contributed by atoms with van der Waals surface area (Å²) in [5, 5.41) is 16.6. The van der Waals surface area contributed by atoms with Gasteiger partial charge in [0.05, 0.1) is 12.1 Å². The van der Waals surface area contributed by atoms with Gasteiger partial charge in [0, 0.05) is 18.3 Å². The van der Waals surface area contributed by atoms with Gasteiger partial charge in [-0.05, 0) is 12.8 Å². The van der Waals surface area contributed by atoms with Crippen molar-refractivity contribution in [2.45, 2.75) is 32.6 Å². The van der Waals surface area contributed by atoms with Crippen molar-refractivity contribution in [3.63, 3.8) is 0 Å². The second kappa shape index (κ2) is 5.32. The Morgan fingerprint density at radius 3 is 1.92 bits per heavy atom. The minimum atomic E-state index is -0.481. The number of hydrogen-bond acceptors (Lipinski definition) is 3. The molecule has 0 aliphatic rings. The number of rotatable bonds is 5. The van der Waals surface area contributed by atoms with Gasteiger partial charge in [0.2, 0.25) is 0 Å². The summed E-state index contributed by atoms with van der Waals surface area (Å²) in [7, 11) is 0. The van der Waals surface area contributed by atoms with Gasteiger partial charge in [-0.2, -0.15) is 10.5 Å². The topological polar surface area (TPSA) is 64.7 Å². The molecule has 0 rings (SSSR count). The number of hydrogen-bond donors (Lipinski definition) is 0. The Bertz CT molecular complexity index is 204. The van der Waals surface area contributed by atoms with Crippen molar-refractivity contribution >= 4 is 6.29 Å². The van der Waals surface area contributed by atoms with Crippen LogP contribution in [0, 0.1) is 28.1 Å². The average molecular weight is 164 g/mol. The zero-order chi connectivity index (χ0) is 9.45. The maximum atomic E-state index is 10.6. The Morgan fingerprint density at radius 1 is 1.25 bits per heavy atom. The third kappa shape index (κ3) is 3.73. The first-order valence-electron chi connectivity index (χ1n) is 3.89. The molecule has 0 N–H and O–H groups in total. The highest BCUT2D eigenvalue weighted by atomic mass is 16.1. The first-order chi connectivity index (χ1) is 5.68. The first-order valence-corrected chi connectivity index (χ1v) is 3.89. The fraction of sp³-hybridized carbons (Fsp3) is 0.667. The predicted molar refractivity (Wildman–Crippen MR) is 43.9 cm³/mol. The highest BCUT2D eigenvalue weighted by molar-refractivity contribution is 5.58. The minimum absolute atomic E-state index is 0.376. The van der Waals surface area contributed by atoms with E-state index in [0.717, 1.165) is 6.29 Å². The predicted octanol–water partition coefficient (Wildman–Crippen LogP) is 1.80. The van der Waals surface area contributed by atoms with Crippen molar-refractivity contribution in [1.29, 1.82) is 10.5 Å². The molecule has 0 aromatic carbocycles. The van der Waals surface area contributed by atoms with E-state index in [1.807, 2.05) is 12.1 Å². The van der Waals surface area contributed by atoms with Gasteiger partial charge in [-0.15, -0.1) is 0 Å². The average Bonchev–Trinajstić information content (AvgIpc) is 2.11. The summed E-state index contributed by atoms with van der Waals surface area (Å²) in [5.74, 6) is 0. The molecule has 0 spiro atoms. The molecule has 0 heterocycles. The monoisotopic (exact) mass is 164 g/mol. The van der Waals surface area contributed by atoms with Gasteiger partial charge in [0.25, 0.3) is 0 Å². The molecule has 0 atom stereocenters. The van der Waals surface area contributed by atoms with Crippen LogP contribution in [0.1, 0.15) is 32.6 Å². The van der Waals surface area contributed by atoms with Gasteiger partial charge < -0.3 is 4.79 Å². The highest BCUT2D eigenvalue weighted by Gasteiger charge is 2.22. The third-order valence-corrected chi connectivity index (χ3v) is 1.90. The van der Waals surface area contributed by atoms with E-state index in [2.05, 4.69) is 0 Å². The number of carbonyl (C=O) groups excluding carboxylic acids is 1. The first kappa shape index (κ1) is 10.7. The minimum Gasteiger partial charge on any atom is -0.303 e. The summed E-state index contributed by atoms with van der Waals surface area (Å²) in [4.78, 5) is 10.6. The standard InChI is InChI=1S/C9H12N2O/c1-9(8-12,4-2-6-10)5-3-7-11/h8H,2-5H2,1H3.